The maximum absolute atomic E-state index is 13.9. The molecule has 4 amide bonds. The van der Waals surface area contributed by atoms with Crippen molar-refractivity contribution in [3.63, 3.8) is 0 Å². The zero-order valence-electron chi connectivity index (χ0n) is 26.4. The van der Waals surface area contributed by atoms with Crippen LogP contribution in [0.25, 0.3) is 11.1 Å². The van der Waals surface area contributed by atoms with Gasteiger partial charge >= 0.3 is 5.97 Å². The highest BCUT2D eigenvalue weighted by Crippen LogP contribution is 2.38. The fourth-order valence-corrected chi connectivity index (χ4v) is 5.99. The second-order valence-corrected chi connectivity index (χ2v) is 12.0. The van der Waals surface area contributed by atoms with Crippen LogP contribution in [0, 0.1) is 0 Å². The number of nitrogens with one attached hydrogen (secondary N) is 3. The molecule has 0 aliphatic carbocycles. The zero-order chi connectivity index (χ0) is 33.5. The first-order valence-electron chi connectivity index (χ1n) is 15.7. The molecular formula is C35H39N5O7. The summed E-state index contributed by atoms with van der Waals surface area (Å²) in [5.41, 5.74) is 3.56. The molecular weight excluding hydrogens is 602 g/mol. The lowest BCUT2D eigenvalue weighted by molar-refractivity contribution is -0.138. The van der Waals surface area contributed by atoms with E-state index in [1.165, 1.54) is 18.1 Å². The van der Waals surface area contributed by atoms with Gasteiger partial charge in [0.25, 0.3) is 5.91 Å². The lowest BCUT2D eigenvalue weighted by Crippen LogP contribution is -2.57. The number of aliphatic carboxylic acids is 1. The normalized spacial score (nSPS) is 22.3. The lowest BCUT2D eigenvalue weighted by atomic mass is 9.89. The van der Waals surface area contributed by atoms with Crippen molar-refractivity contribution in [3.8, 4) is 16.9 Å². The van der Waals surface area contributed by atoms with Crippen LogP contribution >= 0.6 is 0 Å². The summed E-state index contributed by atoms with van der Waals surface area (Å²) in [6.07, 6.45) is 3.97. The van der Waals surface area contributed by atoms with Gasteiger partial charge in [-0.25, -0.2) is 0 Å². The molecule has 47 heavy (non-hydrogen) atoms. The van der Waals surface area contributed by atoms with Gasteiger partial charge in [-0.05, 0) is 61.1 Å². The molecule has 4 heterocycles. The molecule has 0 unspecified atom stereocenters. The van der Waals surface area contributed by atoms with E-state index >= 15 is 0 Å². The number of amides is 4. The molecule has 6 bridgehead atoms. The molecule has 0 fully saturated rings. The van der Waals surface area contributed by atoms with Gasteiger partial charge in [-0.15, -0.1) is 0 Å². The van der Waals surface area contributed by atoms with Crippen LogP contribution in [0.5, 0.6) is 5.75 Å². The lowest BCUT2D eigenvalue weighted by Gasteiger charge is -2.29. The van der Waals surface area contributed by atoms with E-state index in [0.717, 1.165) is 23.1 Å². The Kier molecular flexibility index (Phi) is 10.5. The van der Waals surface area contributed by atoms with Crippen molar-refractivity contribution in [3.05, 3.63) is 83.7 Å². The first-order chi connectivity index (χ1) is 22.6. The van der Waals surface area contributed by atoms with Gasteiger partial charge in [0.15, 0.2) is 0 Å². The van der Waals surface area contributed by atoms with Crippen LogP contribution < -0.4 is 20.7 Å². The molecule has 2 aromatic carbocycles. The highest BCUT2D eigenvalue weighted by atomic mass is 16.5. The number of ether oxygens (including phenoxy) is 1. The van der Waals surface area contributed by atoms with E-state index in [0.29, 0.717) is 30.9 Å². The summed E-state index contributed by atoms with van der Waals surface area (Å²) >= 11 is 0. The van der Waals surface area contributed by atoms with Gasteiger partial charge < -0.3 is 30.7 Å². The molecule has 4 N–H and O–H groups in total. The third-order valence-corrected chi connectivity index (χ3v) is 8.63. The fraction of sp³-hybridized carbons (Fsp3) is 0.371. The minimum absolute atomic E-state index is 0.0157. The standard InChI is InChI=1S/C35H39N5O7/c1-21-32(43)37-14-6-9-23-20-47-26-10-11-27(23)28(17-26)24-16-25(19-36-18-24)35(46)40(2)30(12-13-31(41)42)34(45)39-29(33(44)38-21)15-22-7-4-3-5-8-22/h3-5,7-8,10-11,16-19,21,23,29-30H,6,9,12-15,20H2,1-2H3,(H,37,43)(H,38,44)(H,39,45)(H,41,42)/t21-,23-,29+,30+/m1/s1. The van der Waals surface area contributed by atoms with Crippen molar-refractivity contribution in [1.82, 2.24) is 25.8 Å². The molecule has 4 atom stereocenters. The molecule has 12 heteroatoms. The highest BCUT2D eigenvalue weighted by molar-refractivity contribution is 5.99. The van der Waals surface area contributed by atoms with Gasteiger partial charge in [0.2, 0.25) is 17.7 Å². The number of pyridine rings is 1. The van der Waals surface area contributed by atoms with Gasteiger partial charge in [0.1, 0.15) is 23.9 Å². The molecule has 1 aromatic heterocycles. The monoisotopic (exact) mass is 641 g/mol. The maximum atomic E-state index is 13.9. The second kappa shape index (κ2) is 14.9. The first-order valence-corrected chi connectivity index (χ1v) is 15.7. The number of carboxylic acid groups (broad SMARTS) is 1. The molecule has 0 saturated heterocycles. The number of benzene rings is 2. The van der Waals surface area contributed by atoms with E-state index < -0.39 is 48.2 Å². The Morgan fingerprint density at radius 1 is 0.979 bits per heavy atom. The first kappa shape index (κ1) is 33.1. The van der Waals surface area contributed by atoms with Gasteiger partial charge in [-0.1, -0.05) is 36.4 Å². The van der Waals surface area contributed by atoms with Gasteiger partial charge in [-0.2, -0.15) is 0 Å². The van der Waals surface area contributed by atoms with Gasteiger partial charge in [0.05, 0.1) is 12.2 Å². The average Bonchev–Trinajstić information content (AvgIpc) is 3.37. The molecule has 6 rings (SSSR count). The molecule has 3 aromatic rings. The SMILES string of the molecule is C[C@H]1NC(=O)[C@H](Cc2ccccc2)NC(=O)[C@H](CCC(=O)O)N(C)C(=O)c2cncc(c2)-c2cc3ccc2[C@H](CCCNC1=O)CO3. The maximum Gasteiger partial charge on any atom is 0.303 e. The minimum Gasteiger partial charge on any atom is -0.493 e. The van der Waals surface area contributed by atoms with E-state index in [9.17, 15) is 29.1 Å². The number of nitrogens with zero attached hydrogens (tertiary/aromatic N) is 2. The van der Waals surface area contributed by atoms with Crippen molar-refractivity contribution in [2.24, 2.45) is 0 Å². The molecule has 0 saturated carbocycles. The molecule has 3 aliphatic heterocycles. The van der Waals surface area contributed by atoms with Gasteiger partial charge in [-0.3, -0.25) is 29.0 Å². The van der Waals surface area contributed by atoms with Crippen LogP contribution in [0.4, 0.5) is 0 Å². The number of carbonyl (C=O) groups is 5. The van der Waals surface area contributed by atoms with Crippen molar-refractivity contribution in [2.75, 3.05) is 20.2 Å². The van der Waals surface area contributed by atoms with E-state index in [-0.39, 0.29) is 30.2 Å². The Morgan fingerprint density at radius 2 is 1.74 bits per heavy atom. The van der Waals surface area contributed by atoms with Crippen molar-refractivity contribution < 1.29 is 33.8 Å². The van der Waals surface area contributed by atoms with Crippen LogP contribution in [0.15, 0.2) is 67.0 Å². The Labute approximate surface area is 272 Å². The van der Waals surface area contributed by atoms with Crippen LogP contribution in [0.3, 0.4) is 0 Å². The second-order valence-electron chi connectivity index (χ2n) is 12.0. The Bertz CT molecular complexity index is 1650. The van der Waals surface area contributed by atoms with Crippen molar-refractivity contribution in [1.29, 1.82) is 0 Å². The highest BCUT2D eigenvalue weighted by Gasteiger charge is 2.33. The van der Waals surface area contributed by atoms with Crippen LogP contribution in [0.1, 0.15) is 60.0 Å². The Hall–Kier alpha value is -5.26. The molecule has 246 valence electrons. The fourth-order valence-electron chi connectivity index (χ4n) is 5.99. The number of rotatable bonds is 5. The van der Waals surface area contributed by atoms with Crippen LogP contribution in [0.2, 0.25) is 0 Å². The Balaban J connectivity index is 1.52. The molecule has 0 radical (unpaired) electrons. The molecule has 3 aliphatic rings. The van der Waals surface area contributed by atoms with Crippen molar-refractivity contribution in [2.45, 2.75) is 63.1 Å². The number of fused-ring (bicyclic) bond motifs is 4. The summed E-state index contributed by atoms with van der Waals surface area (Å²) in [5.74, 6) is -2.63. The number of hydrogen-bond donors (Lipinski definition) is 4. The van der Waals surface area contributed by atoms with Crippen LogP contribution in [-0.4, -0.2) is 82.9 Å². The number of carboxylic acids is 1. The van der Waals surface area contributed by atoms with Crippen LogP contribution in [-0.2, 0) is 25.6 Å². The topological polar surface area (TPSA) is 167 Å². The minimum atomic E-state index is -1.22. The van der Waals surface area contributed by atoms with Gasteiger partial charge in [0, 0.05) is 50.3 Å². The predicted octanol–water partition coefficient (Wildman–Crippen LogP) is 2.67. The number of hydrogen-bond acceptors (Lipinski definition) is 7. The summed E-state index contributed by atoms with van der Waals surface area (Å²) in [7, 11) is 1.43. The van der Waals surface area contributed by atoms with E-state index in [2.05, 4.69) is 20.9 Å². The molecule has 12 nitrogen and oxygen atoms in total. The van der Waals surface area contributed by atoms with E-state index in [1.54, 1.807) is 43.5 Å². The quantitative estimate of drug-likeness (QED) is 0.330. The average molecular weight is 642 g/mol. The Morgan fingerprint density at radius 3 is 2.51 bits per heavy atom. The van der Waals surface area contributed by atoms with E-state index in [1.807, 2.05) is 24.3 Å². The predicted molar refractivity (Wildman–Crippen MR) is 173 cm³/mol. The largest absolute Gasteiger partial charge is 0.493 e. The number of carbonyl (C=O) groups excluding carboxylic acids is 4. The van der Waals surface area contributed by atoms with Crippen molar-refractivity contribution >= 4 is 29.6 Å². The summed E-state index contributed by atoms with van der Waals surface area (Å²) < 4.78 is 6.01. The third kappa shape index (κ3) is 8.13. The summed E-state index contributed by atoms with van der Waals surface area (Å²) in [4.78, 5) is 71.3. The summed E-state index contributed by atoms with van der Waals surface area (Å²) in [6.45, 7) is 2.41. The summed E-state index contributed by atoms with van der Waals surface area (Å²) in [6, 6.07) is 13.3. The summed E-state index contributed by atoms with van der Waals surface area (Å²) in [5, 5.41) is 17.8. The number of likely N-dealkylation sites (N-methyl/N-ethyl adjacent to an activating group) is 1. The smallest absolute Gasteiger partial charge is 0.303 e. The third-order valence-electron chi connectivity index (χ3n) is 8.63. The molecule has 0 spiro atoms. The zero-order valence-corrected chi connectivity index (χ0v) is 26.4. The number of aromatic nitrogens is 1. The van der Waals surface area contributed by atoms with E-state index in [4.69, 9.17) is 4.74 Å².